The fourth-order valence-corrected chi connectivity index (χ4v) is 4.36. The van der Waals surface area contributed by atoms with E-state index in [1.165, 1.54) is 10.5 Å². The topological polar surface area (TPSA) is 83.3 Å². The highest BCUT2D eigenvalue weighted by atomic mass is 32.2. The summed E-state index contributed by atoms with van der Waals surface area (Å²) in [6, 6.07) is 11.8. The number of nitrogens with zero attached hydrogens (tertiary/aromatic N) is 1. The van der Waals surface area contributed by atoms with Crippen LogP contribution in [-0.4, -0.2) is 23.4 Å². The number of allylic oxidation sites excluding steroid dienone is 3. The number of nitrogen functional groups attached to an aromatic ring is 2. The number of hydrogen-bond acceptors (Lipinski definition) is 5. The third-order valence-corrected chi connectivity index (χ3v) is 6.35. The van der Waals surface area contributed by atoms with Crippen LogP contribution in [-0.2, 0) is 22.5 Å². The van der Waals surface area contributed by atoms with Crippen LogP contribution in [0.1, 0.15) is 26.3 Å². The van der Waals surface area contributed by atoms with Crippen molar-refractivity contribution in [3.8, 4) is 11.1 Å². The highest BCUT2D eigenvalue weighted by Gasteiger charge is 2.16. The lowest BCUT2D eigenvalue weighted by Crippen LogP contribution is -2.07. The van der Waals surface area contributed by atoms with Gasteiger partial charge in [0.1, 0.15) is 0 Å². The minimum atomic E-state index is -0.227. The number of esters is 1. The molecule has 3 aromatic rings. The highest BCUT2D eigenvalue weighted by molar-refractivity contribution is 8.02. The van der Waals surface area contributed by atoms with Crippen LogP contribution in [0.4, 0.5) is 11.4 Å². The SMILES string of the molecule is C=C(C)/C(Cn1cc(CC(=O)OCC)c2ccc(-c3cc(N)cc(N)c3)cc21)=C(/C)SC. The molecule has 0 aliphatic rings. The Labute approximate surface area is 194 Å². The van der Waals surface area contributed by atoms with E-state index in [4.69, 9.17) is 16.2 Å². The Morgan fingerprint density at radius 1 is 1.09 bits per heavy atom. The average Bonchev–Trinajstić information content (AvgIpc) is 3.07. The van der Waals surface area contributed by atoms with Crippen LogP contribution in [0.15, 0.2) is 65.2 Å². The van der Waals surface area contributed by atoms with Gasteiger partial charge < -0.3 is 20.8 Å². The maximum Gasteiger partial charge on any atom is 0.310 e. The number of fused-ring (bicyclic) bond motifs is 1. The number of carbonyl (C=O) groups excluding carboxylic acids is 1. The van der Waals surface area contributed by atoms with Crippen LogP contribution in [0.2, 0.25) is 0 Å². The van der Waals surface area contributed by atoms with Crippen LogP contribution in [0, 0.1) is 0 Å². The van der Waals surface area contributed by atoms with Gasteiger partial charge >= 0.3 is 5.97 Å². The van der Waals surface area contributed by atoms with Crippen LogP contribution >= 0.6 is 11.8 Å². The summed E-state index contributed by atoms with van der Waals surface area (Å²) < 4.78 is 7.38. The van der Waals surface area contributed by atoms with Gasteiger partial charge in [-0.1, -0.05) is 24.3 Å². The van der Waals surface area contributed by atoms with Crippen molar-refractivity contribution in [2.24, 2.45) is 0 Å². The first-order valence-corrected chi connectivity index (χ1v) is 11.8. The molecule has 1 heterocycles. The van der Waals surface area contributed by atoms with Crippen molar-refractivity contribution in [3.63, 3.8) is 0 Å². The molecule has 2 aromatic carbocycles. The molecule has 5 nitrogen and oxygen atoms in total. The van der Waals surface area contributed by atoms with Gasteiger partial charge in [-0.15, -0.1) is 11.8 Å². The highest BCUT2D eigenvalue weighted by Crippen LogP contribution is 2.32. The second-order valence-corrected chi connectivity index (χ2v) is 8.92. The normalized spacial score (nSPS) is 12.0. The maximum atomic E-state index is 12.2. The number of nitrogens with two attached hydrogens (primary N) is 2. The molecule has 4 N–H and O–H groups in total. The molecule has 0 fully saturated rings. The fourth-order valence-electron chi connectivity index (χ4n) is 3.87. The average molecular weight is 450 g/mol. The molecule has 1 aromatic heterocycles. The number of benzene rings is 2. The van der Waals surface area contributed by atoms with Crippen molar-refractivity contribution in [3.05, 3.63) is 70.8 Å². The minimum Gasteiger partial charge on any atom is -0.466 e. The lowest BCUT2D eigenvalue weighted by Gasteiger charge is -2.14. The van der Waals surface area contributed by atoms with Crippen molar-refractivity contribution in [2.45, 2.75) is 33.7 Å². The second-order valence-electron chi connectivity index (χ2n) is 7.90. The Kier molecular flexibility index (Phi) is 7.36. The smallest absolute Gasteiger partial charge is 0.310 e. The number of hydrogen-bond donors (Lipinski definition) is 2. The van der Waals surface area contributed by atoms with E-state index >= 15 is 0 Å². The quantitative estimate of drug-likeness (QED) is 0.258. The summed E-state index contributed by atoms with van der Waals surface area (Å²) >= 11 is 1.72. The van der Waals surface area contributed by atoms with E-state index in [0.29, 0.717) is 24.5 Å². The van der Waals surface area contributed by atoms with Crippen molar-refractivity contribution in [1.82, 2.24) is 4.57 Å². The zero-order valence-corrected chi connectivity index (χ0v) is 20.0. The first-order chi connectivity index (χ1) is 15.2. The van der Waals surface area contributed by atoms with E-state index in [-0.39, 0.29) is 12.4 Å². The maximum absolute atomic E-state index is 12.2. The van der Waals surface area contributed by atoms with Crippen molar-refractivity contribution >= 4 is 40.0 Å². The summed E-state index contributed by atoms with van der Waals surface area (Å²) in [6.45, 7) is 11.2. The summed E-state index contributed by atoms with van der Waals surface area (Å²) in [5.74, 6) is -0.227. The molecular formula is C26H31N3O2S. The lowest BCUT2D eigenvalue weighted by atomic mass is 10.0. The number of anilines is 2. The second kappa shape index (κ2) is 10.0. The van der Waals surface area contributed by atoms with Crippen molar-refractivity contribution in [2.75, 3.05) is 24.3 Å². The van der Waals surface area contributed by atoms with Crippen LogP contribution < -0.4 is 11.5 Å². The van der Waals surface area contributed by atoms with Gasteiger partial charge in [0.25, 0.3) is 0 Å². The van der Waals surface area contributed by atoms with Gasteiger partial charge in [-0.05, 0) is 78.5 Å². The van der Waals surface area contributed by atoms with Gasteiger partial charge in [-0.25, -0.2) is 0 Å². The molecule has 0 spiro atoms. The first kappa shape index (κ1) is 23.5. The third kappa shape index (κ3) is 5.19. The van der Waals surface area contributed by atoms with Gasteiger partial charge in [0.05, 0.1) is 13.0 Å². The molecule has 0 unspecified atom stereocenters. The molecule has 0 atom stereocenters. The molecule has 32 heavy (non-hydrogen) atoms. The Morgan fingerprint density at radius 3 is 2.38 bits per heavy atom. The number of rotatable bonds is 8. The van der Waals surface area contributed by atoms with Gasteiger partial charge in [0.2, 0.25) is 0 Å². The van der Waals surface area contributed by atoms with Crippen molar-refractivity contribution < 1.29 is 9.53 Å². The molecule has 168 valence electrons. The van der Waals surface area contributed by atoms with Gasteiger partial charge in [0, 0.05) is 35.0 Å². The van der Waals surface area contributed by atoms with E-state index in [1.807, 2.05) is 32.0 Å². The number of aromatic nitrogens is 1. The summed E-state index contributed by atoms with van der Waals surface area (Å²) in [7, 11) is 0. The zero-order chi connectivity index (χ0) is 23.4. The Bertz CT molecular complexity index is 1190. The summed E-state index contributed by atoms with van der Waals surface area (Å²) in [5.41, 5.74) is 19.5. The molecule has 0 amide bonds. The number of carbonyl (C=O) groups is 1. The van der Waals surface area contributed by atoms with Crippen LogP contribution in [0.3, 0.4) is 0 Å². The Morgan fingerprint density at radius 2 is 1.78 bits per heavy atom. The minimum absolute atomic E-state index is 0.227. The fraction of sp³-hybridized carbons (Fsp3) is 0.269. The molecule has 3 rings (SSSR count). The van der Waals surface area contributed by atoms with E-state index in [2.05, 4.69) is 42.7 Å². The van der Waals surface area contributed by atoms with Gasteiger partial charge in [-0.2, -0.15) is 0 Å². The molecule has 0 bridgehead atoms. The van der Waals surface area contributed by atoms with Crippen molar-refractivity contribution in [1.29, 1.82) is 0 Å². The zero-order valence-electron chi connectivity index (χ0n) is 19.2. The summed E-state index contributed by atoms with van der Waals surface area (Å²) in [4.78, 5) is 13.5. The van der Waals surface area contributed by atoms with E-state index in [1.54, 1.807) is 17.8 Å². The van der Waals surface area contributed by atoms with E-state index < -0.39 is 0 Å². The number of thioether (sulfide) groups is 1. The molecule has 0 saturated heterocycles. The van der Waals surface area contributed by atoms with E-state index in [9.17, 15) is 4.79 Å². The first-order valence-electron chi connectivity index (χ1n) is 10.6. The van der Waals surface area contributed by atoms with Gasteiger partial charge in [0.15, 0.2) is 0 Å². The molecular weight excluding hydrogens is 418 g/mol. The molecule has 0 saturated carbocycles. The predicted octanol–water partition coefficient (Wildman–Crippen LogP) is 5.79. The largest absolute Gasteiger partial charge is 0.466 e. The summed E-state index contributed by atoms with van der Waals surface area (Å²) in [6.07, 6.45) is 4.35. The Hall–Kier alpha value is -3.12. The van der Waals surface area contributed by atoms with Crippen LogP contribution in [0.5, 0.6) is 0 Å². The monoisotopic (exact) mass is 449 g/mol. The van der Waals surface area contributed by atoms with E-state index in [0.717, 1.165) is 33.2 Å². The molecule has 0 aliphatic carbocycles. The van der Waals surface area contributed by atoms with Crippen LogP contribution in [0.25, 0.3) is 22.0 Å². The molecule has 0 aliphatic heterocycles. The Balaban J connectivity index is 2.16. The predicted molar refractivity (Wildman–Crippen MR) is 138 cm³/mol. The lowest BCUT2D eigenvalue weighted by molar-refractivity contribution is -0.142. The standard InChI is InChI=1S/C26H31N3O2S/c1-6-31-26(30)12-20-14-29(15-24(16(2)3)17(4)32-5)25-11-18(7-8-23(20)25)19-9-21(27)13-22(28)10-19/h7-11,13-14H,2,6,12,15,27-28H2,1,3-5H3/b24-17-. The third-order valence-electron chi connectivity index (χ3n) is 5.49. The van der Waals surface area contributed by atoms with Gasteiger partial charge in [-0.3, -0.25) is 4.79 Å². The molecule has 6 heteroatoms. The number of ether oxygens (including phenoxy) is 1. The summed E-state index contributed by atoms with van der Waals surface area (Å²) in [5, 5.41) is 1.03. The molecule has 0 radical (unpaired) electrons.